The fraction of sp³-hybridized carbons (Fsp3) is 0.446. The molecule has 0 saturated carbocycles. The molecule has 5 N–H and O–H groups in total. The van der Waals surface area contributed by atoms with Crippen molar-refractivity contribution in [2.75, 3.05) is 25.5 Å². The van der Waals surface area contributed by atoms with Crippen LogP contribution in [0.2, 0.25) is 0 Å². The molecule has 0 saturated heterocycles. The van der Waals surface area contributed by atoms with Crippen molar-refractivity contribution in [2.45, 2.75) is 162 Å². The second-order valence-corrected chi connectivity index (χ2v) is 24.2. The largest absolute Gasteiger partial charge is 0.494 e. The van der Waals surface area contributed by atoms with Gasteiger partial charge in [0.2, 0.25) is 23.6 Å². The van der Waals surface area contributed by atoms with E-state index in [1.54, 1.807) is 69.1 Å². The summed E-state index contributed by atoms with van der Waals surface area (Å²) in [5, 5.41) is 24.0. The summed E-state index contributed by atoms with van der Waals surface area (Å²) in [4.78, 5) is 93.7. The number of carbonyl (C=O) groups excluding carboxylic acids is 6. The lowest BCUT2D eigenvalue weighted by Gasteiger charge is -2.42. The Labute approximate surface area is 507 Å². The second-order valence-electron chi connectivity index (χ2n) is 24.2. The Balaban J connectivity index is 0.832. The zero-order valence-electron chi connectivity index (χ0n) is 50.9. The number of benzene rings is 4. The van der Waals surface area contributed by atoms with Crippen LogP contribution in [0.5, 0.6) is 5.75 Å². The Morgan fingerprint density at radius 1 is 0.816 bits per heavy atom. The van der Waals surface area contributed by atoms with Crippen LogP contribution in [0.15, 0.2) is 104 Å². The molecule has 1 aliphatic heterocycles. The van der Waals surface area contributed by atoms with E-state index in [0.717, 1.165) is 54.5 Å². The highest BCUT2D eigenvalue weighted by molar-refractivity contribution is 5.96. The monoisotopic (exact) mass is 1190 g/mol. The number of hydrogen-bond donors (Lipinski definition) is 5. The predicted molar refractivity (Wildman–Crippen MR) is 324 cm³/mol. The van der Waals surface area contributed by atoms with E-state index in [9.17, 15) is 32.8 Å². The van der Waals surface area contributed by atoms with Gasteiger partial charge in [-0.1, -0.05) is 63.2 Å². The number of carbonyl (C=O) groups is 6. The van der Waals surface area contributed by atoms with Crippen molar-refractivity contribution in [1.29, 1.82) is 0 Å². The Morgan fingerprint density at radius 2 is 1.59 bits per heavy atom. The number of nitrogens with zero attached hydrogens (tertiary/aromatic N) is 7. The second kappa shape index (κ2) is 29.0. The lowest BCUT2D eigenvalue weighted by Crippen LogP contribution is -2.62. The third-order valence-electron chi connectivity index (χ3n) is 15.5. The van der Waals surface area contributed by atoms with Gasteiger partial charge >= 0.3 is 6.09 Å². The van der Waals surface area contributed by atoms with Crippen LogP contribution in [0, 0.1) is 17.0 Å². The molecule has 6 amide bonds. The van der Waals surface area contributed by atoms with Crippen LogP contribution in [-0.4, -0.2) is 114 Å². The van der Waals surface area contributed by atoms with Gasteiger partial charge in [-0.15, -0.1) is 10.2 Å². The molecule has 22 heteroatoms. The third kappa shape index (κ3) is 17.2. The summed E-state index contributed by atoms with van der Waals surface area (Å²) in [5.41, 5.74) is 3.62. The number of rotatable bonds is 24. The van der Waals surface area contributed by atoms with Gasteiger partial charge in [0.15, 0.2) is 11.6 Å². The lowest BCUT2D eigenvalue weighted by molar-refractivity contribution is -0.147. The van der Waals surface area contributed by atoms with Crippen molar-refractivity contribution < 1.29 is 47.0 Å². The molecule has 0 radical (unpaired) electrons. The van der Waals surface area contributed by atoms with E-state index in [-0.39, 0.29) is 55.0 Å². The molecule has 0 fully saturated rings. The maximum atomic E-state index is 15.1. The molecule has 462 valence electrons. The van der Waals surface area contributed by atoms with Crippen molar-refractivity contribution in [1.82, 2.24) is 55.8 Å². The molecule has 0 bridgehead atoms. The fourth-order valence-corrected chi connectivity index (χ4v) is 10.6. The average Bonchev–Trinajstić information content (AvgIpc) is 2.45. The van der Waals surface area contributed by atoms with Gasteiger partial charge < -0.3 is 45.5 Å². The van der Waals surface area contributed by atoms with E-state index < -0.39 is 64.6 Å². The molecule has 2 aliphatic rings. The molecule has 3 heterocycles. The van der Waals surface area contributed by atoms with Crippen LogP contribution in [0.1, 0.15) is 143 Å². The molecular formula is C65H80F2N12O8. The minimum absolute atomic E-state index is 0.0826. The summed E-state index contributed by atoms with van der Waals surface area (Å²) in [6, 6.07) is 22.6. The van der Waals surface area contributed by atoms with Gasteiger partial charge in [-0.2, -0.15) is 0 Å². The molecule has 0 spiro atoms. The quantitative estimate of drug-likeness (QED) is 0.0356. The van der Waals surface area contributed by atoms with Crippen LogP contribution in [0.4, 0.5) is 19.3 Å². The molecule has 2 aromatic heterocycles. The van der Waals surface area contributed by atoms with Gasteiger partial charge in [-0.05, 0) is 149 Å². The van der Waals surface area contributed by atoms with E-state index in [0.29, 0.717) is 74.2 Å². The van der Waals surface area contributed by atoms with Gasteiger partial charge in [0, 0.05) is 69.1 Å². The maximum absolute atomic E-state index is 15.1. The molecule has 1 aliphatic carbocycles. The van der Waals surface area contributed by atoms with Crippen LogP contribution < -0.4 is 31.3 Å². The number of nitrogens with one attached hydrogen (secondary N) is 5. The van der Waals surface area contributed by atoms with E-state index in [2.05, 4.69) is 52.8 Å². The number of likely N-dealkylation sites (N-methyl/N-ethyl adjacent to an activating group) is 1. The Bertz CT molecular complexity index is 3380. The van der Waals surface area contributed by atoms with Gasteiger partial charge in [0.05, 0.1) is 19.2 Å². The minimum atomic E-state index is -1.07. The van der Waals surface area contributed by atoms with Crippen molar-refractivity contribution in [3.8, 4) is 17.3 Å². The van der Waals surface area contributed by atoms with Gasteiger partial charge in [0.25, 0.3) is 5.91 Å². The molecule has 6 aromatic rings. The van der Waals surface area contributed by atoms with Crippen LogP contribution >= 0.6 is 0 Å². The number of anilines is 1. The first-order valence-corrected chi connectivity index (χ1v) is 29.7. The predicted octanol–water partition coefficient (Wildman–Crippen LogP) is 8.93. The molecule has 87 heavy (non-hydrogen) atoms. The molecule has 1 unspecified atom stereocenters. The molecule has 4 aromatic carbocycles. The number of fused-ring (bicyclic) bond motifs is 2. The standard InChI is InChI=1S/C65H80F2N12O8/c1-41(77(8)63(85)87-65(5,6)7)59(81)74-57(64(2,3)4)62(84)79-39-45-35-47(28-27-43(45)36-54(79)61(83)73-52-25-15-19-42-18-11-12-22-48(42)52)86-33-13-9-10-26-56(80)69-30-17-32-78-55(75-76-58(78)53-29-31-68-40-72-53)38-70-46-21-14-20-44(34-46)60(82)71-37-49-50(66)23-16-24-51(49)67/h11-12,14,16,18,20-24,27-29,31,34-35,40-41,52,54,57,70H,9-10,13,15,17,19,25-26,30,32-33,36-39H2,1-8H3,(H,69,80)(H,71,82)(H,73,83)(H,74,81)/t41-,52+,54-,57?/m0/s1. The van der Waals surface area contributed by atoms with Gasteiger partial charge in [-0.3, -0.25) is 28.9 Å². The number of aromatic nitrogens is 5. The summed E-state index contributed by atoms with van der Waals surface area (Å²) in [6.07, 6.45) is 8.13. The highest BCUT2D eigenvalue weighted by Gasteiger charge is 2.44. The Hall–Kier alpha value is -8.82. The van der Waals surface area contributed by atoms with Gasteiger partial charge in [0.1, 0.15) is 53.1 Å². The van der Waals surface area contributed by atoms with E-state index in [1.807, 2.05) is 61.7 Å². The summed E-state index contributed by atoms with van der Waals surface area (Å²) >= 11 is 0. The zero-order chi connectivity index (χ0) is 62.4. The smallest absolute Gasteiger partial charge is 0.410 e. The maximum Gasteiger partial charge on any atom is 0.410 e. The number of hydrogen-bond acceptors (Lipinski definition) is 13. The minimum Gasteiger partial charge on any atom is -0.494 e. The van der Waals surface area contributed by atoms with Crippen molar-refractivity contribution >= 4 is 41.3 Å². The van der Waals surface area contributed by atoms with Crippen molar-refractivity contribution in [3.63, 3.8) is 0 Å². The Morgan fingerprint density at radius 3 is 2.33 bits per heavy atom. The molecular weight excluding hydrogens is 1110 g/mol. The number of ether oxygens (including phenoxy) is 2. The number of aryl methyl sites for hydroxylation is 1. The van der Waals surface area contributed by atoms with E-state index in [1.165, 1.54) is 29.9 Å². The van der Waals surface area contributed by atoms with Crippen molar-refractivity contribution in [2.24, 2.45) is 5.41 Å². The Kier molecular flexibility index (Phi) is 21.4. The first-order valence-electron chi connectivity index (χ1n) is 29.7. The topological polar surface area (TPSA) is 244 Å². The summed E-state index contributed by atoms with van der Waals surface area (Å²) in [5.74, 6) is -1.64. The molecule has 20 nitrogen and oxygen atoms in total. The van der Waals surface area contributed by atoms with Crippen LogP contribution in [0.25, 0.3) is 11.5 Å². The lowest BCUT2D eigenvalue weighted by atomic mass is 9.83. The third-order valence-corrected chi connectivity index (χ3v) is 15.5. The summed E-state index contributed by atoms with van der Waals surface area (Å²) < 4.78 is 42.0. The molecule has 4 atom stereocenters. The van der Waals surface area contributed by atoms with Gasteiger partial charge in [-0.25, -0.2) is 23.5 Å². The summed E-state index contributed by atoms with van der Waals surface area (Å²) in [7, 11) is 1.48. The summed E-state index contributed by atoms with van der Waals surface area (Å²) in [6.45, 7) is 13.6. The zero-order valence-corrected chi connectivity index (χ0v) is 50.9. The highest BCUT2D eigenvalue weighted by atomic mass is 19.1. The normalized spacial score (nSPS) is 15.4. The van der Waals surface area contributed by atoms with Crippen molar-refractivity contribution in [3.05, 3.63) is 154 Å². The van der Waals surface area contributed by atoms with Crippen LogP contribution in [0.3, 0.4) is 0 Å². The van der Waals surface area contributed by atoms with E-state index >= 15 is 4.79 Å². The van der Waals surface area contributed by atoms with E-state index in [4.69, 9.17) is 9.47 Å². The van der Waals surface area contributed by atoms with Crippen LogP contribution in [-0.2, 0) is 62.9 Å². The highest BCUT2D eigenvalue weighted by Crippen LogP contribution is 2.34. The number of halogens is 2. The first kappa shape index (κ1) is 64.2. The number of unbranched alkanes of at least 4 members (excludes halogenated alkanes) is 2. The number of amides is 6. The average molecular weight is 1200 g/mol. The fourth-order valence-electron chi connectivity index (χ4n) is 10.6. The molecule has 8 rings (SSSR count). The first-order chi connectivity index (χ1) is 41.5. The SMILES string of the molecule is C[C@@H](C(=O)NC(C(=O)N1Cc2cc(OCCCCCC(=O)NCCCn3c(CNc4cccc(C(=O)NCc5c(F)cccc5F)c4)nnc3-c3ccncn3)ccc2C[C@H]1C(=O)N[C@@H]1CCCc2ccccc21)C(C)(C)C)N(C)C(=O)OC(C)(C)C.